The first-order valence-electron chi connectivity index (χ1n) is 12.6. The number of rotatable bonds is 8. The fraction of sp³-hybridized carbons (Fsp3) is 0.500. The number of nitrogens with zero attached hydrogens (tertiary/aromatic N) is 1. The second kappa shape index (κ2) is 10.6. The van der Waals surface area contributed by atoms with Crippen molar-refractivity contribution in [3.63, 3.8) is 0 Å². The molecule has 1 saturated carbocycles. The summed E-state index contributed by atoms with van der Waals surface area (Å²) < 4.78 is 6.04. The summed E-state index contributed by atoms with van der Waals surface area (Å²) in [5.41, 5.74) is 11.8. The smallest absolute Gasteiger partial charge is 0.237 e. The van der Waals surface area contributed by atoms with E-state index in [1.807, 2.05) is 53.4 Å². The minimum absolute atomic E-state index is 0.00415. The van der Waals surface area contributed by atoms with E-state index >= 15 is 0 Å². The molecule has 182 valence electrons. The Morgan fingerprint density at radius 1 is 1.00 bits per heavy atom. The maximum absolute atomic E-state index is 14.0. The minimum Gasteiger partial charge on any atom is -0.457 e. The number of primary amides is 1. The quantitative estimate of drug-likeness (QED) is 0.580. The van der Waals surface area contributed by atoms with Gasteiger partial charge in [-0.05, 0) is 74.8 Å². The van der Waals surface area contributed by atoms with Crippen molar-refractivity contribution in [2.24, 2.45) is 23.3 Å². The van der Waals surface area contributed by atoms with Crippen molar-refractivity contribution in [1.82, 2.24) is 4.90 Å². The van der Waals surface area contributed by atoms with Gasteiger partial charge in [-0.25, -0.2) is 0 Å². The van der Waals surface area contributed by atoms with Crippen LogP contribution in [0.3, 0.4) is 0 Å². The zero-order valence-corrected chi connectivity index (χ0v) is 20.1. The van der Waals surface area contributed by atoms with Crippen LogP contribution in [-0.2, 0) is 9.59 Å². The predicted octanol–water partition coefficient (Wildman–Crippen LogP) is 4.93. The Kier molecular flexibility index (Phi) is 7.57. The van der Waals surface area contributed by atoms with Gasteiger partial charge in [0.1, 0.15) is 11.5 Å². The molecule has 4 N–H and O–H groups in total. The van der Waals surface area contributed by atoms with Crippen LogP contribution in [0, 0.1) is 11.8 Å². The third-order valence-corrected chi connectivity index (χ3v) is 7.50. The number of carbonyl (C=O) groups is 2. The molecule has 0 bridgehead atoms. The van der Waals surface area contributed by atoms with Crippen molar-refractivity contribution in [2.75, 3.05) is 6.54 Å². The first-order valence-corrected chi connectivity index (χ1v) is 12.6. The highest BCUT2D eigenvalue weighted by Crippen LogP contribution is 2.40. The van der Waals surface area contributed by atoms with Gasteiger partial charge in [0.05, 0.1) is 11.6 Å². The van der Waals surface area contributed by atoms with Gasteiger partial charge >= 0.3 is 0 Å². The van der Waals surface area contributed by atoms with Crippen molar-refractivity contribution in [1.29, 1.82) is 0 Å². The minimum atomic E-state index is -1.20. The Morgan fingerprint density at radius 2 is 1.71 bits per heavy atom. The molecule has 6 nitrogen and oxygen atoms in total. The molecule has 34 heavy (non-hydrogen) atoms. The second-order valence-corrected chi connectivity index (χ2v) is 10.2. The molecule has 0 radical (unpaired) electrons. The zero-order valence-electron chi connectivity index (χ0n) is 20.1. The largest absolute Gasteiger partial charge is 0.457 e. The van der Waals surface area contributed by atoms with Crippen molar-refractivity contribution in [3.05, 3.63) is 60.2 Å². The summed E-state index contributed by atoms with van der Waals surface area (Å²) in [5, 5.41) is 0. The van der Waals surface area contributed by atoms with E-state index < -0.39 is 11.4 Å². The van der Waals surface area contributed by atoms with Gasteiger partial charge in [0.25, 0.3) is 0 Å². The number of ether oxygens (including phenoxy) is 1. The summed E-state index contributed by atoms with van der Waals surface area (Å²) in [6.07, 6.45) is 7.61. The molecule has 2 aromatic carbocycles. The summed E-state index contributed by atoms with van der Waals surface area (Å²) in [4.78, 5) is 28.0. The lowest BCUT2D eigenvalue weighted by molar-refractivity contribution is -0.140. The summed E-state index contributed by atoms with van der Waals surface area (Å²) in [6, 6.07) is 17.7. The number of nitrogens with two attached hydrogens (primary N) is 2. The number of benzene rings is 2. The summed E-state index contributed by atoms with van der Waals surface area (Å²) in [5.74, 6) is 1.07. The van der Waals surface area contributed by atoms with Gasteiger partial charge < -0.3 is 21.1 Å². The highest BCUT2D eigenvalue weighted by molar-refractivity contribution is 5.86. The molecule has 2 fully saturated rings. The summed E-state index contributed by atoms with van der Waals surface area (Å²) >= 11 is 0. The van der Waals surface area contributed by atoms with Crippen LogP contribution < -0.4 is 16.2 Å². The molecular weight excluding hydrogens is 426 g/mol. The number of carbonyl (C=O) groups excluding carboxylic acids is 2. The first-order chi connectivity index (χ1) is 16.3. The Morgan fingerprint density at radius 3 is 2.41 bits per heavy atom. The lowest BCUT2D eigenvalue weighted by Gasteiger charge is -2.37. The van der Waals surface area contributed by atoms with Crippen molar-refractivity contribution >= 4 is 11.8 Å². The fourth-order valence-corrected chi connectivity index (χ4v) is 5.55. The molecule has 6 heteroatoms. The van der Waals surface area contributed by atoms with E-state index in [0.717, 1.165) is 55.6 Å². The number of para-hydroxylation sites is 1. The lowest BCUT2D eigenvalue weighted by atomic mass is 9.74. The number of hydrogen-bond acceptors (Lipinski definition) is 4. The maximum Gasteiger partial charge on any atom is 0.237 e. The third kappa shape index (κ3) is 5.61. The van der Waals surface area contributed by atoms with Gasteiger partial charge in [0, 0.05) is 12.5 Å². The first kappa shape index (κ1) is 24.3. The molecule has 2 aliphatic rings. The molecule has 1 unspecified atom stereocenters. The molecular formula is C28H37N3O3. The van der Waals surface area contributed by atoms with E-state index in [-0.39, 0.29) is 23.8 Å². The van der Waals surface area contributed by atoms with E-state index in [4.69, 9.17) is 16.2 Å². The second-order valence-electron chi connectivity index (χ2n) is 10.2. The SMILES string of the molecule is CC(N)(C[C@H](C(=O)N1CCC[C@H]1c1cccc(Oc2ccccc2)c1)C1CCCCC1)C(N)=O. The van der Waals surface area contributed by atoms with Crippen LogP contribution in [0.5, 0.6) is 11.5 Å². The van der Waals surface area contributed by atoms with Gasteiger partial charge in [-0.1, -0.05) is 49.6 Å². The molecule has 1 aliphatic heterocycles. The van der Waals surface area contributed by atoms with Crippen LogP contribution in [0.2, 0.25) is 0 Å². The molecule has 3 atom stereocenters. The van der Waals surface area contributed by atoms with Crippen LogP contribution in [0.1, 0.15) is 69.9 Å². The topological polar surface area (TPSA) is 98.7 Å². The normalized spacial score (nSPS) is 21.6. The zero-order chi connectivity index (χ0) is 24.1. The monoisotopic (exact) mass is 463 g/mol. The average molecular weight is 464 g/mol. The number of amides is 2. The predicted molar refractivity (Wildman–Crippen MR) is 133 cm³/mol. The standard InChI is InChI=1S/C28H37N3O3/c1-28(30,27(29)33)19-24(20-10-4-2-5-11-20)26(32)31-17-9-16-25(31)21-12-8-15-23(18-21)34-22-13-6-3-7-14-22/h3,6-8,12-15,18,20,24-25H,2,4-5,9-11,16-17,19,30H2,1H3,(H2,29,33)/t24-,25-,28?/m0/s1. The van der Waals surface area contributed by atoms with Gasteiger partial charge in [-0.2, -0.15) is 0 Å². The van der Waals surface area contributed by atoms with Crippen LogP contribution in [0.25, 0.3) is 0 Å². The van der Waals surface area contributed by atoms with Crippen LogP contribution in [0.15, 0.2) is 54.6 Å². The summed E-state index contributed by atoms with van der Waals surface area (Å²) in [7, 11) is 0. The molecule has 0 aromatic heterocycles. The molecule has 1 aliphatic carbocycles. The molecule has 2 amide bonds. The highest BCUT2D eigenvalue weighted by Gasteiger charge is 2.42. The Labute approximate surface area is 202 Å². The lowest BCUT2D eigenvalue weighted by Crippen LogP contribution is -2.53. The van der Waals surface area contributed by atoms with E-state index in [2.05, 4.69) is 6.07 Å². The van der Waals surface area contributed by atoms with Crippen molar-refractivity contribution in [2.45, 2.75) is 69.9 Å². The molecule has 1 saturated heterocycles. The Bertz CT molecular complexity index is 985. The van der Waals surface area contributed by atoms with E-state index in [9.17, 15) is 9.59 Å². The highest BCUT2D eigenvalue weighted by atomic mass is 16.5. The van der Waals surface area contributed by atoms with E-state index in [1.165, 1.54) is 6.42 Å². The van der Waals surface area contributed by atoms with Crippen LogP contribution in [0.4, 0.5) is 0 Å². The van der Waals surface area contributed by atoms with Crippen LogP contribution in [-0.4, -0.2) is 28.8 Å². The number of likely N-dealkylation sites (tertiary alicyclic amines) is 1. The number of hydrogen-bond donors (Lipinski definition) is 2. The van der Waals surface area contributed by atoms with Gasteiger partial charge in [-0.3, -0.25) is 9.59 Å². The molecule has 4 rings (SSSR count). The van der Waals surface area contributed by atoms with E-state index in [1.54, 1.807) is 6.92 Å². The van der Waals surface area contributed by atoms with Crippen molar-refractivity contribution < 1.29 is 14.3 Å². The Balaban J connectivity index is 1.56. The Hall–Kier alpha value is -2.86. The fourth-order valence-electron chi connectivity index (χ4n) is 5.55. The van der Waals surface area contributed by atoms with E-state index in [0.29, 0.717) is 13.0 Å². The molecule has 0 spiro atoms. The molecule has 1 heterocycles. The maximum atomic E-state index is 14.0. The van der Waals surface area contributed by atoms with Crippen LogP contribution >= 0.6 is 0 Å². The third-order valence-electron chi connectivity index (χ3n) is 7.50. The van der Waals surface area contributed by atoms with Gasteiger partial charge in [0.2, 0.25) is 11.8 Å². The average Bonchev–Trinajstić information content (AvgIpc) is 3.33. The van der Waals surface area contributed by atoms with Gasteiger partial charge in [-0.15, -0.1) is 0 Å². The van der Waals surface area contributed by atoms with Gasteiger partial charge in [0.15, 0.2) is 0 Å². The van der Waals surface area contributed by atoms with Crippen molar-refractivity contribution in [3.8, 4) is 11.5 Å². The molecule has 2 aromatic rings. The summed E-state index contributed by atoms with van der Waals surface area (Å²) in [6.45, 7) is 2.37.